The molecule has 0 N–H and O–H groups in total. The first-order chi connectivity index (χ1) is 7.77. The van der Waals surface area contributed by atoms with Crippen LogP contribution in [0.2, 0.25) is 0 Å². The first kappa shape index (κ1) is 10.8. The normalized spacial score (nSPS) is 10.1. The second kappa shape index (κ2) is 4.40. The number of thiocarbonyl (C=S) groups is 1. The predicted molar refractivity (Wildman–Crippen MR) is 65.4 cm³/mol. The molecular formula is C11H11N3OS. The molecule has 0 aliphatic rings. The minimum absolute atomic E-state index is 0.741. The molecule has 0 aliphatic carbocycles. The van der Waals surface area contributed by atoms with E-state index >= 15 is 0 Å². The molecule has 0 saturated carbocycles. The summed E-state index contributed by atoms with van der Waals surface area (Å²) in [5.41, 5.74) is 2.45. The lowest BCUT2D eigenvalue weighted by Crippen LogP contribution is -2.03. The van der Waals surface area contributed by atoms with Gasteiger partial charge in [-0.05, 0) is 19.1 Å². The van der Waals surface area contributed by atoms with Crippen LogP contribution in [0.4, 0.5) is 0 Å². The highest BCUT2D eigenvalue weighted by Gasteiger charge is 2.11. The third-order valence-corrected chi connectivity index (χ3v) is 2.53. The van der Waals surface area contributed by atoms with Gasteiger partial charge in [0.2, 0.25) is 0 Å². The standard InChI is InChI=1S/C11H11N3OS/c1-8-10(7-16)14(13-12-8)9-5-3-4-6-11(9)15-2/h3-7H,1-2H3. The van der Waals surface area contributed by atoms with Gasteiger partial charge in [-0.2, -0.15) is 0 Å². The second-order valence-corrected chi connectivity index (χ2v) is 3.50. The third kappa shape index (κ3) is 1.69. The quantitative estimate of drug-likeness (QED) is 0.759. The lowest BCUT2D eigenvalue weighted by atomic mass is 10.3. The van der Waals surface area contributed by atoms with E-state index in [0.717, 1.165) is 22.8 Å². The molecule has 0 unspecified atom stereocenters. The first-order valence-electron chi connectivity index (χ1n) is 4.78. The smallest absolute Gasteiger partial charge is 0.144 e. The molecule has 0 saturated heterocycles. The van der Waals surface area contributed by atoms with Gasteiger partial charge >= 0.3 is 0 Å². The zero-order valence-corrected chi connectivity index (χ0v) is 9.86. The molecule has 82 valence electrons. The van der Waals surface area contributed by atoms with E-state index in [2.05, 4.69) is 10.3 Å². The second-order valence-electron chi connectivity index (χ2n) is 3.26. The Morgan fingerprint density at radius 2 is 2.12 bits per heavy atom. The Balaban J connectivity index is 2.62. The Labute approximate surface area is 98.9 Å². The maximum absolute atomic E-state index is 5.27. The first-order valence-corrected chi connectivity index (χ1v) is 5.26. The summed E-state index contributed by atoms with van der Waals surface area (Å²) in [7, 11) is 1.62. The van der Waals surface area contributed by atoms with E-state index < -0.39 is 0 Å². The van der Waals surface area contributed by atoms with Crippen molar-refractivity contribution >= 4 is 17.6 Å². The van der Waals surface area contributed by atoms with Crippen LogP contribution in [0.25, 0.3) is 5.69 Å². The molecule has 5 heteroatoms. The van der Waals surface area contributed by atoms with E-state index in [9.17, 15) is 0 Å². The molecule has 0 fully saturated rings. The minimum atomic E-state index is 0.741. The Kier molecular flexibility index (Phi) is 2.96. The maximum atomic E-state index is 5.27. The fourth-order valence-corrected chi connectivity index (χ4v) is 1.75. The van der Waals surface area contributed by atoms with Crippen molar-refractivity contribution in [1.29, 1.82) is 0 Å². The molecule has 0 bridgehead atoms. The summed E-state index contributed by atoms with van der Waals surface area (Å²) in [4.78, 5) is 0. The monoisotopic (exact) mass is 233 g/mol. The summed E-state index contributed by atoms with van der Waals surface area (Å²) in [6, 6.07) is 7.61. The molecule has 0 radical (unpaired) electrons. The number of hydrogen-bond donors (Lipinski definition) is 0. The molecule has 1 heterocycles. The number of methoxy groups -OCH3 is 1. The zero-order chi connectivity index (χ0) is 11.5. The van der Waals surface area contributed by atoms with Gasteiger partial charge in [0.25, 0.3) is 0 Å². The predicted octanol–water partition coefficient (Wildman–Crippen LogP) is 1.93. The fourth-order valence-electron chi connectivity index (χ4n) is 1.48. The van der Waals surface area contributed by atoms with Gasteiger partial charge in [0.05, 0.1) is 12.8 Å². The van der Waals surface area contributed by atoms with Crippen LogP contribution in [-0.2, 0) is 0 Å². The molecular weight excluding hydrogens is 222 g/mol. The van der Waals surface area contributed by atoms with Crippen molar-refractivity contribution < 1.29 is 4.74 Å². The Morgan fingerprint density at radius 3 is 2.81 bits per heavy atom. The molecule has 0 amide bonds. The number of nitrogens with zero attached hydrogens (tertiary/aromatic N) is 3. The van der Waals surface area contributed by atoms with E-state index in [1.165, 1.54) is 0 Å². The van der Waals surface area contributed by atoms with Gasteiger partial charge in [0.1, 0.15) is 17.1 Å². The van der Waals surface area contributed by atoms with Gasteiger partial charge in [-0.1, -0.05) is 29.6 Å². The number of para-hydroxylation sites is 2. The number of benzene rings is 1. The molecule has 16 heavy (non-hydrogen) atoms. The van der Waals surface area contributed by atoms with Gasteiger partial charge < -0.3 is 4.74 Å². The number of aryl methyl sites for hydroxylation is 1. The lowest BCUT2D eigenvalue weighted by Gasteiger charge is -2.08. The molecule has 0 atom stereocenters. The number of ether oxygens (including phenoxy) is 1. The van der Waals surface area contributed by atoms with Crippen LogP contribution in [0.5, 0.6) is 5.75 Å². The SMILES string of the molecule is COc1ccccc1-n1nnc(C)c1C=S. The topological polar surface area (TPSA) is 39.9 Å². The highest BCUT2D eigenvalue weighted by molar-refractivity contribution is 7.79. The highest BCUT2D eigenvalue weighted by Crippen LogP contribution is 2.22. The zero-order valence-electron chi connectivity index (χ0n) is 9.04. The molecule has 0 aliphatic heterocycles. The van der Waals surface area contributed by atoms with Crippen LogP contribution in [-0.4, -0.2) is 27.5 Å². The van der Waals surface area contributed by atoms with Gasteiger partial charge in [0.15, 0.2) is 0 Å². The average molecular weight is 233 g/mol. The van der Waals surface area contributed by atoms with Crippen molar-refractivity contribution in [3.05, 3.63) is 35.7 Å². The maximum Gasteiger partial charge on any atom is 0.144 e. The van der Waals surface area contributed by atoms with Crippen molar-refractivity contribution in [2.24, 2.45) is 0 Å². The minimum Gasteiger partial charge on any atom is -0.494 e. The molecule has 1 aromatic carbocycles. The van der Waals surface area contributed by atoms with E-state index in [-0.39, 0.29) is 0 Å². The van der Waals surface area contributed by atoms with Gasteiger partial charge in [0, 0.05) is 5.37 Å². The van der Waals surface area contributed by atoms with E-state index in [1.807, 2.05) is 31.2 Å². The number of hydrogen-bond acceptors (Lipinski definition) is 4. The Hall–Kier alpha value is -1.75. The summed E-state index contributed by atoms with van der Waals surface area (Å²) in [6.07, 6.45) is 0. The van der Waals surface area contributed by atoms with Crippen LogP contribution in [0, 0.1) is 6.92 Å². The van der Waals surface area contributed by atoms with Gasteiger partial charge in [-0.15, -0.1) is 5.10 Å². The summed E-state index contributed by atoms with van der Waals surface area (Å²) in [5, 5.41) is 9.62. The van der Waals surface area contributed by atoms with E-state index in [1.54, 1.807) is 17.2 Å². The van der Waals surface area contributed by atoms with Gasteiger partial charge in [-0.3, -0.25) is 0 Å². The molecule has 0 spiro atoms. The fraction of sp³-hybridized carbons (Fsp3) is 0.182. The summed E-state index contributed by atoms with van der Waals surface area (Å²) in [5.74, 6) is 0.741. The number of aromatic nitrogens is 3. The van der Waals surface area contributed by atoms with E-state index in [0.29, 0.717) is 0 Å². The Bertz CT molecular complexity index is 522. The summed E-state index contributed by atoms with van der Waals surface area (Å²) in [6.45, 7) is 1.87. The van der Waals surface area contributed by atoms with E-state index in [4.69, 9.17) is 17.0 Å². The molecule has 2 rings (SSSR count). The average Bonchev–Trinajstić information content (AvgIpc) is 2.70. The van der Waals surface area contributed by atoms with Crippen molar-refractivity contribution in [2.75, 3.05) is 7.11 Å². The Morgan fingerprint density at radius 1 is 1.38 bits per heavy atom. The summed E-state index contributed by atoms with van der Waals surface area (Å²) < 4.78 is 6.95. The van der Waals surface area contributed by atoms with Crippen molar-refractivity contribution in [3.63, 3.8) is 0 Å². The number of rotatable bonds is 3. The molecule has 2 aromatic rings. The van der Waals surface area contributed by atoms with Crippen LogP contribution in [0.1, 0.15) is 11.4 Å². The van der Waals surface area contributed by atoms with Crippen molar-refractivity contribution in [3.8, 4) is 11.4 Å². The van der Waals surface area contributed by atoms with Crippen LogP contribution in [0.15, 0.2) is 24.3 Å². The van der Waals surface area contributed by atoms with Crippen LogP contribution < -0.4 is 4.74 Å². The molecule has 4 nitrogen and oxygen atoms in total. The largest absolute Gasteiger partial charge is 0.494 e. The lowest BCUT2D eigenvalue weighted by molar-refractivity contribution is 0.411. The summed E-state index contributed by atoms with van der Waals surface area (Å²) >= 11 is 4.96. The van der Waals surface area contributed by atoms with Crippen LogP contribution >= 0.6 is 12.2 Å². The third-order valence-electron chi connectivity index (χ3n) is 2.31. The van der Waals surface area contributed by atoms with Crippen molar-refractivity contribution in [2.45, 2.75) is 6.92 Å². The highest BCUT2D eigenvalue weighted by atomic mass is 32.1. The van der Waals surface area contributed by atoms with Gasteiger partial charge in [-0.25, -0.2) is 4.68 Å². The van der Waals surface area contributed by atoms with Crippen molar-refractivity contribution in [1.82, 2.24) is 15.0 Å². The van der Waals surface area contributed by atoms with Crippen LogP contribution in [0.3, 0.4) is 0 Å². The molecule has 1 aromatic heterocycles.